The molecule has 8 nitrogen and oxygen atoms in total. The number of nitrogens with zero attached hydrogens (tertiary/aromatic N) is 1. The summed E-state index contributed by atoms with van der Waals surface area (Å²) in [6.45, 7) is 2.79. The Balaban J connectivity index is 1.55. The van der Waals surface area contributed by atoms with Crippen molar-refractivity contribution in [3.8, 4) is 23.3 Å². The van der Waals surface area contributed by atoms with Gasteiger partial charge < -0.3 is 24.3 Å². The standard InChI is InChI=1S/C22H20N2O6/c1-2-27-18-6-3-15(4-7-18)11-16(13-23)22(26)30-14-21(25)24-17-5-8-19-20(12-17)29-10-9-28-19/h3-8,11-12H,2,9-10,14H2,1H3,(H,24,25)/b16-11+. The van der Waals surface area contributed by atoms with Crippen molar-refractivity contribution in [2.24, 2.45) is 0 Å². The number of nitrogens with one attached hydrogen (secondary N) is 1. The lowest BCUT2D eigenvalue weighted by Crippen LogP contribution is -2.21. The Morgan fingerprint density at radius 2 is 1.87 bits per heavy atom. The highest BCUT2D eigenvalue weighted by Gasteiger charge is 2.15. The van der Waals surface area contributed by atoms with Crippen molar-refractivity contribution in [2.75, 3.05) is 31.7 Å². The van der Waals surface area contributed by atoms with Gasteiger partial charge in [0.15, 0.2) is 18.1 Å². The van der Waals surface area contributed by atoms with Gasteiger partial charge in [0.05, 0.1) is 6.61 Å². The number of benzene rings is 2. The number of anilines is 1. The van der Waals surface area contributed by atoms with Crippen molar-refractivity contribution in [1.29, 1.82) is 5.26 Å². The third-order valence-electron chi connectivity index (χ3n) is 4.00. The van der Waals surface area contributed by atoms with Crippen LogP contribution >= 0.6 is 0 Å². The number of esters is 1. The van der Waals surface area contributed by atoms with Crippen molar-refractivity contribution in [1.82, 2.24) is 0 Å². The number of carbonyl (C=O) groups is 2. The van der Waals surface area contributed by atoms with Gasteiger partial charge in [-0.1, -0.05) is 12.1 Å². The fourth-order valence-corrected chi connectivity index (χ4v) is 2.66. The van der Waals surface area contributed by atoms with E-state index in [1.54, 1.807) is 48.5 Å². The zero-order chi connectivity index (χ0) is 21.3. The number of carbonyl (C=O) groups excluding carboxylic acids is 2. The van der Waals surface area contributed by atoms with Gasteiger partial charge in [0.25, 0.3) is 5.91 Å². The number of ether oxygens (including phenoxy) is 4. The Morgan fingerprint density at radius 3 is 2.57 bits per heavy atom. The van der Waals surface area contributed by atoms with Crippen LogP contribution in [0.2, 0.25) is 0 Å². The molecule has 1 heterocycles. The maximum absolute atomic E-state index is 12.1. The van der Waals surface area contributed by atoms with Crippen molar-refractivity contribution in [2.45, 2.75) is 6.92 Å². The second-order valence-electron chi connectivity index (χ2n) is 6.15. The number of amides is 1. The third kappa shape index (κ3) is 5.52. The molecule has 0 aromatic heterocycles. The molecule has 0 aliphatic carbocycles. The van der Waals surface area contributed by atoms with Crippen LogP contribution in [-0.4, -0.2) is 38.3 Å². The molecule has 1 aliphatic heterocycles. The van der Waals surface area contributed by atoms with Crippen molar-refractivity contribution in [3.63, 3.8) is 0 Å². The van der Waals surface area contributed by atoms with Crippen LogP contribution in [0.1, 0.15) is 12.5 Å². The molecule has 0 fully saturated rings. The highest BCUT2D eigenvalue weighted by atomic mass is 16.6. The highest BCUT2D eigenvalue weighted by Crippen LogP contribution is 2.32. The number of rotatable bonds is 7. The van der Waals surface area contributed by atoms with E-state index >= 15 is 0 Å². The molecule has 2 aromatic rings. The Morgan fingerprint density at radius 1 is 1.13 bits per heavy atom. The summed E-state index contributed by atoms with van der Waals surface area (Å²) in [7, 11) is 0. The summed E-state index contributed by atoms with van der Waals surface area (Å²) < 4.78 is 21.2. The van der Waals surface area contributed by atoms with E-state index in [0.717, 1.165) is 0 Å². The summed E-state index contributed by atoms with van der Waals surface area (Å²) in [5.74, 6) is 0.388. The average molecular weight is 408 g/mol. The molecule has 30 heavy (non-hydrogen) atoms. The van der Waals surface area contributed by atoms with E-state index in [4.69, 9.17) is 18.9 Å². The van der Waals surface area contributed by atoms with Gasteiger partial charge >= 0.3 is 5.97 Å². The van der Waals surface area contributed by atoms with E-state index in [1.165, 1.54) is 6.08 Å². The van der Waals surface area contributed by atoms with Crippen molar-refractivity contribution >= 4 is 23.6 Å². The SMILES string of the molecule is CCOc1ccc(/C=C(\C#N)C(=O)OCC(=O)Nc2ccc3c(c2)OCCO3)cc1. The molecule has 0 radical (unpaired) electrons. The Kier molecular flexibility index (Phi) is 6.90. The summed E-state index contributed by atoms with van der Waals surface area (Å²) in [6, 6.07) is 13.6. The van der Waals surface area contributed by atoms with Gasteiger partial charge in [0, 0.05) is 11.8 Å². The summed E-state index contributed by atoms with van der Waals surface area (Å²) in [5.41, 5.74) is 0.893. The molecule has 154 valence electrons. The van der Waals surface area contributed by atoms with Crippen LogP contribution in [0.4, 0.5) is 5.69 Å². The van der Waals surface area contributed by atoms with Crippen LogP contribution in [0, 0.1) is 11.3 Å². The molecule has 2 aromatic carbocycles. The molecule has 3 rings (SSSR count). The van der Waals surface area contributed by atoms with Crippen LogP contribution in [0.3, 0.4) is 0 Å². The molecular weight excluding hydrogens is 388 g/mol. The van der Waals surface area contributed by atoms with Crippen LogP contribution in [-0.2, 0) is 14.3 Å². The zero-order valence-electron chi connectivity index (χ0n) is 16.3. The second kappa shape index (κ2) is 9.98. The Labute approximate surface area is 173 Å². The summed E-state index contributed by atoms with van der Waals surface area (Å²) in [5, 5.41) is 11.8. The quantitative estimate of drug-likeness (QED) is 0.426. The van der Waals surface area contributed by atoms with Gasteiger partial charge in [-0.3, -0.25) is 4.79 Å². The Bertz CT molecular complexity index is 992. The largest absolute Gasteiger partial charge is 0.494 e. The van der Waals surface area contributed by atoms with E-state index in [-0.39, 0.29) is 5.57 Å². The first-order chi connectivity index (χ1) is 14.6. The smallest absolute Gasteiger partial charge is 0.349 e. The van der Waals surface area contributed by atoms with E-state index in [1.807, 2.05) is 6.92 Å². The van der Waals surface area contributed by atoms with Gasteiger partial charge in [0.1, 0.15) is 30.6 Å². The van der Waals surface area contributed by atoms with Crippen LogP contribution < -0.4 is 19.5 Å². The predicted octanol–water partition coefficient (Wildman–Crippen LogP) is 2.95. The van der Waals surface area contributed by atoms with Crippen molar-refractivity contribution < 1.29 is 28.5 Å². The van der Waals surface area contributed by atoms with Crippen LogP contribution in [0.15, 0.2) is 48.0 Å². The molecule has 1 aliphatic rings. The van der Waals surface area contributed by atoms with Crippen molar-refractivity contribution in [3.05, 3.63) is 53.6 Å². The second-order valence-corrected chi connectivity index (χ2v) is 6.15. The highest BCUT2D eigenvalue weighted by molar-refractivity contribution is 6.00. The molecule has 0 atom stereocenters. The lowest BCUT2D eigenvalue weighted by molar-refractivity contribution is -0.142. The number of fused-ring (bicyclic) bond motifs is 1. The molecule has 0 unspecified atom stereocenters. The predicted molar refractivity (Wildman–Crippen MR) is 108 cm³/mol. The minimum absolute atomic E-state index is 0.216. The fraction of sp³-hybridized carbons (Fsp3) is 0.227. The monoisotopic (exact) mass is 408 g/mol. The van der Waals surface area contributed by atoms with E-state index in [0.29, 0.717) is 48.3 Å². The zero-order valence-corrected chi connectivity index (χ0v) is 16.3. The summed E-state index contributed by atoms with van der Waals surface area (Å²) in [6.07, 6.45) is 1.39. The maximum atomic E-state index is 12.1. The van der Waals surface area contributed by atoms with E-state index in [9.17, 15) is 14.9 Å². The number of hydrogen-bond acceptors (Lipinski definition) is 7. The molecule has 0 saturated carbocycles. The topological polar surface area (TPSA) is 107 Å². The first kappa shape index (κ1) is 20.7. The Hall–Kier alpha value is -3.99. The molecule has 0 bridgehead atoms. The average Bonchev–Trinajstić information content (AvgIpc) is 2.77. The van der Waals surface area contributed by atoms with Gasteiger partial charge in [-0.05, 0) is 42.8 Å². The molecule has 1 amide bonds. The van der Waals surface area contributed by atoms with Gasteiger partial charge in [-0.15, -0.1) is 0 Å². The maximum Gasteiger partial charge on any atom is 0.349 e. The molecule has 1 N–H and O–H groups in total. The number of hydrogen-bond donors (Lipinski definition) is 1. The minimum atomic E-state index is -0.885. The lowest BCUT2D eigenvalue weighted by Gasteiger charge is -2.19. The lowest BCUT2D eigenvalue weighted by atomic mass is 10.1. The molecule has 8 heteroatoms. The number of nitriles is 1. The van der Waals surface area contributed by atoms with Gasteiger partial charge in [-0.2, -0.15) is 5.26 Å². The van der Waals surface area contributed by atoms with E-state index < -0.39 is 18.5 Å². The van der Waals surface area contributed by atoms with Gasteiger partial charge in [-0.25, -0.2) is 4.79 Å². The molecule has 0 spiro atoms. The van der Waals surface area contributed by atoms with Crippen LogP contribution in [0.25, 0.3) is 6.08 Å². The fourth-order valence-electron chi connectivity index (χ4n) is 2.66. The van der Waals surface area contributed by atoms with Gasteiger partial charge in [0.2, 0.25) is 0 Å². The minimum Gasteiger partial charge on any atom is -0.494 e. The van der Waals surface area contributed by atoms with E-state index in [2.05, 4.69) is 5.32 Å². The van der Waals surface area contributed by atoms with Crippen LogP contribution in [0.5, 0.6) is 17.2 Å². The normalized spacial score (nSPS) is 12.5. The first-order valence-corrected chi connectivity index (χ1v) is 9.30. The third-order valence-corrected chi connectivity index (χ3v) is 4.00. The molecule has 0 saturated heterocycles. The summed E-state index contributed by atoms with van der Waals surface area (Å²) >= 11 is 0. The summed E-state index contributed by atoms with van der Waals surface area (Å²) in [4.78, 5) is 24.2. The molecular formula is C22H20N2O6. The first-order valence-electron chi connectivity index (χ1n) is 9.30.